The molecule has 1 amide bonds. The zero-order chi connectivity index (χ0) is 29.5. The van der Waals surface area contributed by atoms with Crippen molar-refractivity contribution in [2.45, 2.75) is 24.9 Å². The van der Waals surface area contributed by atoms with Crippen LogP contribution in [0.15, 0.2) is 64.1 Å². The van der Waals surface area contributed by atoms with Gasteiger partial charge in [-0.25, -0.2) is 17.8 Å². The first kappa shape index (κ1) is 27.9. The predicted molar refractivity (Wildman–Crippen MR) is 133 cm³/mol. The first-order chi connectivity index (χ1) is 19.3. The number of benzene rings is 2. The Balaban J connectivity index is 1.25. The summed E-state index contributed by atoms with van der Waals surface area (Å²) in [4.78, 5) is 29.1. The van der Waals surface area contributed by atoms with Gasteiger partial charge in [-0.2, -0.15) is 22.9 Å². The number of aromatic nitrogens is 4. The summed E-state index contributed by atoms with van der Waals surface area (Å²) in [5.41, 5.74) is 0.673. The van der Waals surface area contributed by atoms with E-state index >= 15 is 0 Å². The second-order valence-electron chi connectivity index (χ2n) is 9.18. The molecule has 0 bridgehead atoms. The molecule has 0 radical (unpaired) electrons. The maximum absolute atomic E-state index is 13.5. The molecule has 3 heterocycles. The topological polar surface area (TPSA) is 143 Å². The van der Waals surface area contributed by atoms with Crippen LogP contribution in [0, 0.1) is 12.8 Å². The maximum Gasteiger partial charge on any atom is 0.435 e. The molecule has 1 N–H and O–H groups in total. The number of rotatable bonds is 9. The highest BCUT2D eigenvalue weighted by molar-refractivity contribution is 7.90. The fourth-order valence-electron chi connectivity index (χ4n) is 3.88. The first-order valence-corrected chi connectivity index (χ1v) is 13.5. The van der Waals surface area contributed by atoms with Crippen molar-refractivity contribution in [3.63, 3.8) is 0 Å². The number of hydrogen-bond acceptors (Lipinski definition) is 9. The largest absolute Gasteiger partial charge is 0.435 e. The van der Waals surface area contributed by atoms with Gasteiger partial charge < -0.3 is 9.57 Å². The second kappa shape index (κ2) is 10.4. The highest BCUT2D eigenvalue weighted by Gasteiger charge is 2.40. The fourth-order valence-corrected chi connectivity index (χ4v) is 4.92. The standard InChI is InChI=1S/C24H23F3N6O7S/c1-15-3-5-17(6-4-15)21-11-22(24(25,26)27)28-31(21)19-7-9-20(10-8-19)41(36,37)29-23(35)18-12-30(13-18)32-33(40-32)39-14-38-16(2)34/h3-11,18H,12-14H2,1-2H3,(H,29,35). The van der Waals surface area contributed by atoms with Gasteiger partial charge in [0, 0.05) is 17.5 Å². The summed E-state index contributed by atoms with van der Waals surface area (Å²) in [6, 6.07) is 12.7. The molecular formula is C24H23F3N6O7S. The number of halogens is 3. The average molecular weight is 597 g/mol. The van der Waals surface area contributed by atoms with Crippen molar-refractivity contribution in [1.82, 2.24) is 24.5 Å². The number of ether oxygens (including phenoxy) is 1. The summed E-state index contributed by atoms with van der Waals surface area (Å²) >= 11 is 0. The van der Waals surface area contributed by atoms with E-state index in [1.807, 2.05) is 11.6 Å². The molecule has 2 aromatic heterocycles. The van der Waals surface area contributed by atoms with Gasteiger partial charge in [0.1, 0.15) is 5.02 Å². The Labute approximate surface area is 230 Å². The molecule has 1 aliphatic heterocycles. The lowest BCUT2D eigenvalue weighted by atomic mass is 10.0. The van der Waals surface area contributed by atoms with Crippen LogP contribution in [0.1, 0.15) is 18.2 Å². The monoisotopic (exact) mass is 596 g/mol. The molecular weight excluding hydrogens is 573 g/mol. The maximum atomic E-state index is 13.5. The third-order valence-electron chi connectivity index (χ3n) is 6.13. The average Bonchev–Trinajstić information content (AvgIpc) is 3.45. The summed E-state index contributed by atoms with van der Waals surface area (Å²) in [6.45, 7) is 2.92. The van der Waals surface area contributed by atoms with Crippen LogP contribution in [0.3, 0.4) is 0 Å². The third kappa shape index (κ3) is 6.08. The molecule has 4 aromatic rings. The van der Waals surface area contributed by atoms with Crippen molar-refractivity contribution < 1.29 is 45.4 Å². The molecule has 0 atom stereocenters. The number of esters is 1. The Hall–Kier alpha value is -4.67. The SMILES string of the molecule is CC(=O)OCOn1on1N1CC(C(=O)NS(=O)(=O)c2ccc(-n3nc(C(F)(F)F)cc3-c3ccc(C)cc3)cc2)C1. The zero-order valence-corrected chi connectivity index (χ0v) is 22.3. The number of aryl methyl sites for hydroxylation is 1. The summed E-state index contributed by atoms with van der Waals surface area (Å²) in [5, 5.41) is 6.15. The molecule has 1 saturated heterocycles. The molecule has 0 spiro atoms. The normalized spacial score (nSPS) is 14.1. The lowest BCUT2D eigenvalue weighted by Gasteiger charge is -2.34. The Morgan fingerprint density at radius 2 is 1.76 bits per heavy atom. The summed E-state index contributed by atoms with van der Waals surface area (Å²) < 4.78 is 78.7. The molecule has 13 nitrogen and oxygen atoms in total. The van der Waals surface area contributed by atoms with E-state index in [-0.39, 0.29) is 36.2 Å². The van der Waals surface area contributed by atoms with E-state index in [1.54, 1.807) is 24.3 Å². The van der Waals surface area contributed by atoms with Gasteiger partial charge in [-0.1, -0.05) is 29.8 Å². The smallest absolute Gasteiger partial charge is 0.426 e. The molecule has 218 valence electrons. The van der Waals surface area contributed by atoms with Crippen LogP contribution in [-0.4, -0.2) is 59.9 Å². The van der Waals surface area contributed by atoms with E-state index in [1.165, 1.54) is 36.2 Å². The number of nitrogens with zero attached hydrogens (tertiary/aromatic N) is 5. The van der Waals surface area contributed by atoms with Crippen LogP contribution in [0.2, 0.25) is 0 Å². The quantitative estimate of drug-likeness (QED) is 0.227. The number of nitrogens with one attached hydrogen (secondary N) is 1. The Morgan fingerprint density at radius 3 is 2.37 bits per heavy atom. The van der Waals surface area contributed by atoms with Crippen molar-refractivity contribution in [2.75, 3.05) is 24.9 Å². The molecule has 0 saturated carbocycles. The first-order valence-electron chi connectivity index (χ1n) is 12.0. The van der Waals surface area contributed by atoms with Crippen molar-refractivity contribution in [2.24, 2.45) is 5.92 Å². The van der Waals surface area contributed by atoms with E-state index in [0.717, 1.165) is 26.3 Å². The second-order valence-corrected chi connectivity index (χ2v) is 10.9. The van der Waals surface area contributed by atoms with E-state index < -0.39 is 39.7 Å². The van der Waals surface area contributed by atoms with E-state index in [2.05, 4.69) is 9.84 Å². The number of hydrogen-bond donors (Lipinski definition) is 1. The van der Waals surface area contributed by atoms with Crippen LogP contribution in [0.5, 0.6) is 0 Å². The van der Waals surface area contributed by atoms with E-state index in [0.29, 0.717) is 5.56 Å². The van der Waals surface area contributed by atoms with Gasteiger partial charge in [-0.05, 0) is 37.3 Å². The van der Waals surface area contributed by atoms with Gasteiger partial charge in [0.15, 0.2) is 5.69 Å². The molecule has 17 heteroatoms. The minimum absolute atomic E-state index is 0.121. The molecule has 0 unspecified atom stereocenters. The van der Waals surface area contributed by atoms with Crippen molar-refractivity contribution >= 4 is 21.9 Å². The fraction of sp³-hybridized carbons (Fsp3) is 0.292. The van der Waals surface area contributed by atoms with Gasteiger partial charge >= 0.3 is 12.1 Å². The van der Waals surface area contributed by atoms with Crippen molar-refractivity contribution in [3.05, 3.63) is 65.9 Å². The minimum atomic E-state index is -4.69. The van der Waals surface area contributed by atoms with Gasteiger partial charge in [-0.15, -0.1) is 0 Å². The summed E-state index contributed by atoms with van der Waals surface area (Å²) in [7, 11) is -4.27. The molecule has 1 aliphatic rings. The number of carbonyl (C=O) groups is 2. The Morgan fingerprint density at radius 1 is 1.10 bits per heavy atom. The van der Waals surface area contributed by atoms with Crippen molar-refractivity contribution in [3.8, 4) is 16.9 Å². The zero-order valence-electron chi connectivity index (χ0n) is 21.5. The van der Waals surface area contributed by atoms with E-state index in [9.17, 15) is 31.2 Å². The lowest BCUT2D eigenvalue weighted by Crippen LogP contribution is -2.58. The Bertz CT molecular complexity index is 1660. The third-order valence-corrected chi connectivity index (χ3v) is 7.49. The predicted octanol–water partition coefficient (Wildman–Crippen LogP) is 2.08. The molecule has 41 heavy (non-hydrogen) atoms. The molecule has 5 rings (SSSR count). The van der Waals surface area contributed by atoms with Crippen LogP contribution in [-0.2, 0) is 30.5 Å². The molecule has 0 aliphatic carbocycles. The summed E-state index contributed by atoms with van der Waals surface area (Å²) in [5.74, 6) is -1.97. The lowest BCUT2D eigenvalue weighted by molar-refractivity contribution is -0.156. The number of alkyl halides is 3. The van der Waals surface area contributed by atoms with Crippen LogP contribution in [0.25, 0.3) is 16.9 Å². The van der Waals surface area contributed by atoms with Gasteiger partial charge in [-0.3, -0.25) is 14.6 Å². The number of carbonyl (C=O) groups excluding carboxylic acids is 2. The Kier molecular flexibility index (Phi) is 7.06. The van der Waals surface area contributed by atoms with E-state index in [4.69, 9.17) is 9.47 Å². The van der Waals surface area contributed by atoms with Gasteiger partial charge in [0.2, 0.25) is 5.91 Å². The van der Waals surface area contributed by atoms with Crippen LogP contribution >= 0.6 is 0 Å². The highest BCUT2D eigenvalue weighted by Crippen LogP contribution is 2.33. The molecule has 2 aromatic carbocycles. The molecule has 1 fully saturated rings. The van der Waals surface area contributed by atoms with Gasteiger partial charge in [0.05, 0.1) is 35.3 Å². The van der Waals surface area contributed by atoms with Gasteiger partial charge in [0.25, 0.3) is 16.8 Å². The van der Waals surface area contributed by atoms with Crippen LogP contribution in [0.4, 0.5) is 13.2 Å². The minimum Gasteiger partial charge on any atom is -0.426 e. The number of sulfonamides is 1. The summed E-state index contributed by atoms with van der Waals surface area (Å²) in [6.07, 6.45) is -4.69. The highest BCUT2D eigenvalue weighted by atomic mass is 32.2. The van der Waals surface area contributed by atoms with Crippen LogP contribution < -0.4 is 14.6 Å². The number of amides is 1. The van der Waals surface area contributed by atoms with Crippen molar-refractivity contribution in [1.29, 1.82) is 0 Å².